The van der Waals surface area contributed by atoms with E-state index >= 15 is 0 Å². The van der Waals surface area contributed by atoms with Crippen LogP contribution < -0.4 is 15.5 Å². The number of ether oxygens (including phenoxy) is 1. The molecule has 3 rings (SSSR count). The summed E-state index contributed by atoms with van der Waals surface area (Å²) >= 11 is 5.87. The summed E-state index contributed by atoms with van der Waals surface area (Å²) in [6, 6.07) is 20.0. The SMILES string of the molecule is O=C(CCC(=O)Nc1ccc(F)cc1)NN=Cc1ccc(OCc2ccc(Cl)cc2)cc1. The summed E-state index contributed by atoms with van der Waals surface area (Å²) in [5.41, 5.74) is 4.64. The van der Waals surface area contributed by atoms with Gasteiger partial charge in [0, 0.05) is 23.6 Å². The summed E-state index contributed by atoms with van der Waals surface area (Å²) in [4.78, 5) is 23.7. The average molecular weight is 454 g/mol. The van der Waals surface area contributed by atoms with Gasteiger partial charge in [0.2, 0.25) is 11.8 Å². The summed E-state index contributed by atoms with van der Waals surface area (Å²) in [7, 11) is 0. The fourth-order valence-electron chi connectivity index (χ4n) is 2.62. The van der Waals surface area contributed by atoms with Gasteiger partial charge in [-0.2, -0.15) is 5.10 Å². The zero-order valence-corrected chi connectivity index (χ0v) is 17.8. The maximum Gasteiger partial charge on any atom is 0.240 e. The van der Waals surface area contributed by atoms with Gasteiger partial charge in [-0.1, -0.05) is 23.7 Å². The first-order chi connectivity index (χ1) is 15.5. The molecule has 0 aliphatic heterocycles. The number of hydrogen-bond donors (Lipinski definition) is 2. The number of rotatable bonds is 9. The van der Waals surface area contributed by atoms with Gasteiger partial charge < -0.3 is 10.1 Å². The Morgan fingerprint density at radius 3 is 2.25 bits per heavy atom. The number of carbonyl (C=O) groups is 2. The minimum Gasteiger partial charge on any atom is -0.489 e. The van der Waals surface area contributed by atoms with Crippen LogP contribution in [0.4, 0.5) is 10.1 Å². The van der Waals surface area contributed by atoms with Gasteiger partial charge in [-0.15, -0.1) is 0 Å². The second-order valence-electron chi connectivity index (χ2n) is 6.83. The van der Waals surface area contributed by atoms with Crippen LogP contribution in [0.2, 0.25) is 5.02 Å². The highest BCUT2D eigenvalue weighted by atomic mass is 35.5. The fraction of sp³-hybridized carbons (Fsp3) is 0.125. The average Bonchev–Trinajstić information content (AvgIpc) is 2.80. The first kappa shape index (κ1) is 23.0. The van der Waals surface area contributed by atoms with Crippen molar-refractivity contribution < 1.29 is 18.7 Å². The largest absolute Gasteiger partial charge is 0.489 e. The van der Waals surface area contributed by atoms with Crippen molar-refractivity contribution in [2.75, 3.05) is 5.32 Å². The monoisotopic (exact) mass is 453 g/mol. The fourth-order valence-corrected chi connectivity index (χ4v) is 2.74. The Morgan fingerprint density at radius 2 is 1.56 bits per heavy atom. The third kappa shape index (κ3) is 7.85. The Labute approximate surface area is 190 Å². The molecule has 2 N–H and O–H groups in total. The van der Waals surface area contributed by atoms with Crippen molar-refractivity contribution in [1.82, 2.24) is 5.43 Å². The Kier molecular flexibility index (Phi) is 8.34. The third-order valence-corrected chi connectivity index (χ3v) is 4.56. The van der Waals surface area contributed by atoms with Crippen LogP contribution in [-0.2, 0) is 16.2 Å². The molecule has 0 saturated carbocycles. The van der Waals surface area contributed by atoms with Gasteiger partial charge in [-0.05, 0) is 71.8 Å². The van der Waals surface area contributed by atoms with Gasteiger partial charge in [-0.25, -0.2) is 9.82 Å². The summed E-state index contributed by atoms with van der Waals surface area (Å²) in [6.45, 7) is 0.426. The molecule has 0 saturated heterocycles. The second-order valence-corrected chi connectivity index (χ2v) is 7.27. The summed E-state index contributed by atoms with van der Waals surface area (Å²) < 4.78 is 18.6. The molecule has 0 unspecified atom stereocenters. The number of benzene rings is 3. The lowest BCUT2D eigenvalue weighted by Gasteiger charge is -2.06. The van der Waals surface area contributed by atoms with Crippen molar-refractivity contribution in [2.24, 2.45) is 5.10 Å². The van der Waals surface area contributed by atoms with E-state index in [2.05, 4.69) is 15.8 Å². The zero-order valence-electron chi connectivity index (χ0n) is 17.1. The molecular formula is C24H21ClFN3O3. The number of nitrogens with zero attached hydrogens (tertiary/aromatic N) is 1. The van der Waals surface area contributed by atoms with Crippen LogP contribution in [0.25, 0.3) is 0 Å². The highest BCUT2D eigenvalue weighted by Crippen LogP contribution is 2.15. The molecule has 0 bridgehead atoms. The quantitative estimate of drug-likeness (QED) is 0.356. The van der Waals surface area contributed by atoms with Gasteiger partial charge in [0.05, 0.1) is 6.21 Å². The molecule has 32 heavy (non-hydrogen) atoms. The lowest BCUT2D eigenvalue weighted by molar-refractivity contribution is -0.124. The number of anilines is 1. The van der Waals surface area contributed by atoms with E-state index in [1.807, 2.05) is 36.4 Å². The number of nitrogens with one attached hydrogen (secondary N) is 2. The first-order valence-corrected chi connectivity index (χ1v) is 10.2. The van der Waals surface area contributed by atoms with Gasteiger partial charge in [0.25, 0.3) is 0 Å². The van der Waals surface area contributed by atoms with Gasteiger partial charge in [0.1, 0.15) is 18.2 Å². The Bertz CT molecular complexity index is 1070. The Balaban J connectivity index is 1.37. The van der Waals surface area contributed by atoms with Crippen LogP contribution in [0, 0.1) is 5.82 Å². The maximum absolute atomic E-state index is 12.9. The summed E-state index contributed by atoms with van der Waals surface area (Å²) in [5.74, 6) is -0.419. The number of halogens is 2. The molecule has 3 aromatic rings. The molecule has 0 aromatic heterocycles. The molecule has 0 atom stereocenters. The molecular weight excluding hydrogens is 433 g/mol. The minimum absolute atomic E-state index is 0.0155. The smallest absolute Gasteiger partial charge is 0.240 e. The van der Waals surface area contributed by atoms with Crippen LogP contribution in [-0.4, -0.2) is 18.0 Å². The molecule has 0 radical (unpaired) electrons. The van der Waals surface area contributed by atoms with Crippen molar-refractivity contribution in [3.05, 3.63) is 94.8 Å². The topological polar surface area (TPSA) is 79.8 Å². The maximum atomic E-state index is 12.9. The molecule has 0 aliphatic rings. The molecule has 0 aliphatic carbocycles. The highest BCUT2D eigenvalue weighted by Gasteiger charge is 2.07. The molecule has 3 aromatic carbocycles. The first-order valence-electron chi connectivity index (χ1n) is 9.82. The highest BCUT2D eigenvalue weighted by molar-refractivity contribution is 6.30. The predicted molar refractivity (Wildman–Crippen MR) is 122 cm³/mol. The van der Waals surface area contributed by atoms with E-state index in [0.717, 1.165) is 11.1 Å². The van der Waals surface area contributed by atoms with Gasteiger partial charge >= 0.3 is 0 Å². The molecule has 164 valence electrons. The molecule has 6 nitrogen and oxygen atoms in total. The van der Waals surface area contributed by atoms with E-state index in [0.29, 0.717) is 23.1 Å². The Hall–Kier alpha value is -3.71. The van der Waals surface area contributed by atoms with Crippen LogP contribution in [0.15, 0.2) is 77.9 Å². The standard InChI is InChI=1S/C24H21ClFN3O3/c25-19-5-1-18(2-6-19)16-32-22-11-3-17(4-12-22)15-27-29-24(31)14-13-23(30)28-21-9-7-20(26)8-10-21/h1-12,15H,13-14,16H2,(H,28,30)(H,29,31). The minimum atomic E-state index is -0.390. The molecule has 2 amide bonds. The van der Waals surface area contributed by atoms with Crippen molar-refractivity contribution in [3.63, 3.8) is 0 Å². The van der Waals surface area contributed by atoms with Crippen LogP contribution >= 0.6 is 11.6 Å². The molecule has 0 heterocycles. The van der Waals surface area contributed by atoms with Crippen molar-refractivity contribution in [2.45, 2.75) is 19.4 Å². The van der Waals surface area contributed by atoms with Crippen LogP contribution in [0.5, 0.6) is 5.75 Å². The number of hydrogen-bond acceptors (Lipinski definition) is 4. The molecule has 0 fully saturated rings. The van der Waals surface area contributed by atoms with Crippen molar-refractivity contribution in [1.29, 1.82) is 0 Å². The third-order valence-electron chi connectivity index (χ3n) is 4.31. The molecule has 0 spiro atoms. The Morgan fingerprint density at radius 1 is 0.906 bits per heavy atom. The normalized spacial score (nSPS) is 10.7. The van der Waals surface area contributed by atoms with E-state index < -0.39 is 5.91 Å². The number of amides is 2. The number of carbonyl (C=O) groups excluding carboxylic acids is 2. The van der Waals surface area contributed by atoms with Crippen LogP contribution in [0.1, 0.15) is 24.0 Å². The molecule has 8 heteroatoms. The van der Waals surface area contributed by atoms with E-state index in [1.54, 1.807) is 12.1 Å². The van der Waals surface area contributed by atoms with Crippen molar-refractivity contribution >= 4 is 35.3 Å². The van der Waals surface area contributed by atoms with Gasteiger partial charge in [0.15, 0.2) is 0 Å². The number of hydrazone groups is 1. The van der Waals surface area contributed by atoms with E-state index in [4.69, 9.17) is 16.3 Å². The lowest BCUT2D eigenvalue weighted by atomic mass is 10.2. The predicted octanol–water partition coefficient (Wildman–Crippen LogP) is 4.93. The van der Waals surface area contributed by atoms with Crippen LogP contribution in [0.3, 0.4) is 0 Å². The van der Waals surface area contributed by atoms with E-state index in [9.17, 15) is 14.0 Å². The van der Waals surface area contributed by atoms with E-state index in [-0.39, 0.29) is 24.6 Å². The van der Waals surface area contributed by atoms with Gasteiger partial charge in [-0.3, -0.25) is 9.59 Å². The summed E-state index contributed by atoms with van der Waals surface area (Å²) in [5, 5.41) is 7.16. The lowest BCUT2D eigenvalue weighted by Crippen LogP contribution is -2.20. The zero-order chi connectivity index (χ0) is 22.8. The van der Waals surface area contributed by atoms with E-state index in [1.165, 1.54) is 30.5 Å². The second kappa shape index (κ2) is 11.6. The summed E-state index contributed by atoms with van der Waals surface area (Å²) in [6.07, 6.45) is 1.46. The van der Waals surface area contributed by atoms with Crippen molar-refractivity contribution in [3.8, 4) is 5.75 Å².